The monoisotopic (exact) mass is 385 g/mol. The summed E-state index contributed by atoms with van der Waals surface area (Å²) < 4.78 is 7.09. The molecule has 6 heteroatoms. The number of hydrogen-bond acceptors (Lipinski definition) is 5. The molecule has 0 saturated carbocycles. The van der Waals surface area contributed by atoms with E-state index in [9.17, 15) is 10.2 Å². The number of aromatic nitrogens is 1. The molecule has 0 radical (unpaired) electrons. The zero-order chi connectivity index (χ0) is 20.1. The zero-order valence-corrected chi connectivity index (χ0v) is 16.9. The van der Waals surface area contributed by atoms with Crippen molar-refractivity contribution < 1.29 is 14.9 Å². The van der Waals surface area contributed by atoms with Gasteiger partial charge in [0, 0.05) is 43.9 Å². The van der Waals surface area contributed by atoms with Gasteiger partial charge in [-0.3, -0.25) is 9.47 Å². The second-order valence-electron chi connectivity index (χ2n) is 7.25. The van der Waals surface area contributed by atoms with E-state index in [-0.39, 0.29) is 11.8 Å². The highest BCUT2D eigenvalue weighted by atomic mass is 16.5. The highest BCUT2D eigenvalue weighted by molar-refractivity contribution is 5.58. The summed E-state index contributed by atoms with van der Waals surface area (Å²) in [4.78, 5) is 4.80. The Hall–Kier alpha value is -2.60. The van der Waals surface area contributed by atoms with E-state index in [1.54, 1.807) is 17.8 Å². The van der Waals surface area contributed by atoms with Gasteiger partial charge in [-0.1, -0.05) is 18.2 Å². The Kier molecular flexibility index (Phi) is 6.52. The standard InChI is InChI=1S/C22H31N3O3/c1-4-8-18-17(2)21(26)25(22(18)27)12-7-11-23-13-15-24(16-14-23)19-9-5-6-10-20(19)28-3/h4-6,9-10,26-27H,1,7-8,11-16H2,2-3H3. The number of anilines is 1. The minimum atomic E-state index is 0.162. The fourth-order valence-corrected chi connectivity index (χ4v) is 3.92. The lowest BCUT2D eigenvalue weighted by atomic mass is 10.1. The Morgan fingerprint density at radius 3 is 2.46 bits per heavy atom. The molecule has 1 aromatic heterocycles. The van der Waals surface area contributed by atoms with Gasteiger partial charge in [0.1, 0.15) is 5.75 Å². The summed E-state index contributed by atoms with van der Waals surface area (Å²) in [6.07, 6.45) is 3.17. The lowest BCUT2D eigenvalue weighted by molar-refractivity contribution is 0.245. The first kappa shape index (κ1) is 20.1. The molecule has 3 rings (SSSR count). The second-order valence-corrected chi connectivity index (χ2v) is 7.25. The number of allylic oxidation sites excluding steroid dienone is 1. The van der Waals surface area contributed by atoms with Crippen LogP contribution in [0, 0.1) is 6.92 Å². The number of aromatic hydroxyl groups is 2. The maximum atomic E-state index is 10.4. The number of piperazine rings is 1. The molecule has 2 N–H and O–H groups in total. The van der Waals surface area contributed by atoms with Crippen LogP contribution in [0.2, 0.25) is 0 Å². The molecule has 0 unspecified atom stereocenters. The molecule has 1 fully saturated rings. The summed E-state index contributed by atoms with van der Waals surface area (Å²) in [5.74, 6) is 1.24. The largest absolute Gasteiger partial charge is 0.495 e. The summed E-state index contributed by atoms with van der Waals surface area (Å²) in [5, 5.41) is 20.7. The highest BCUT2D eigenvalue weighted by Gasteiger charge is 2.21. The average molecular weight is 386 g/mol. The molecule has 0 aliphatic carbocycles. The number of hydrogen-bond donors (Lipinski definition) is 2. The van der Waals surface area contributed by atoms with Gasteiger partial charge < -0.3 is 19.8 Å². The van der Waals surface area contributed by atoms with E-state index < -0.39 is 0 Å². The van der Waals surface area contributed by atoms with Crippen LogP contribution >= 0.6 is 0 Å². The maximum Gasteiger partial charge on any atom is 0.197 e. The highest BCUT2D eigenvalue weighted by Crippen LogP contribution is 2.34. The normalized spacial score (nSPS) is 15.0. The topological polar surface area (TPSA) is 61.1 Å². The van der Waals surface area contributed by atoms with Gasteiger partial charge in [0.15, 0.2) is 11.8 Å². The smallest absolute Gasteiger partial charge is 0.197 e. The third-order valence-electron chi connectivity index (χ3n) is 5.57. The maximum absolute atomic E-state index is 10.4. The number of ether oxygens (including phenoxy) is 1. The van der Waals surface area contributed by atoms with Gasteiger partial charge >= 0.3 is 0 Å². The summed E-state index contributed by atoms with van der Waals surface area (Å²) in [6, 6.07) is 8.14. The van der Waals surface area contributed by atoms with Gasteiger partial charge in [0.2, 0.25) is 0 Å². The SMILES string of the molecule is C=CCc1c(C)c(O)n(CCCN2CCN(c3ccccc3OC)CC2)c1O. The molecule has 2 heterocycles. The van der Waals surface area contributed by atoms with Crippen molar-refractivity contribution in [3.05, 3.63) is 48.0 Å². The van der Waals surface area contributed by atoms with Crippen molar-refractivity contribution in [1.82, 2.24) is 9.47 Å². The summed E-state index contributed by atoms with van der Waals surface area (Å²) in [5.41, 5.74) is 2.65. The molecule has 0 atom stereocenters. The minimum Gasteiger partial charge on any atom is -0.495 e. The van der Waals surface area contributed by atoms with E-state index in [1.807, 2.05) is 25.1 Å². The average Bonchev–Trinajstić information content (AvgIpc) is 2.92. The number of para-hydroxylation sites is 2. The first-order valence-electron chi connectivity index (χ1n) is 9.88. The molecule has 1 aliphatic rings. The Bertz CT molecular complexity index is 808. The first-order chi connectivity index (χ1) is 13.6. The molecule has 1 saturated heterocycles. The molecule has 0 bridgehead atoms. The van der Waals surface area contributed by atoms with Crippen LogP contribution in [0.3, 0.4) is 0 Å². The van der Waals surface area contributed by atoms with Crippen LogP contribution in [0.1, 0.15) is 17.5 Å². The van der Waals surface area contributed by atoms with E-state index in [1.165, 1.54) is 0 Å². The Balaban J connectivity index is 1.51. The van der Waals surface area contributed by atoms with Crippen LogP contribution in [-0.4, -0.2) is 59.5 Å². The van der Waals surface area contributed by atoms with E-state index >= 15 is 0 Å². The van der Waals surface area contributed by atoms with Crippen molar-refractivity contribution in [2.24, 2.45) is 0 Å². The fraction of sp³-hybridized carbons (Fsp3) is 0.455. The fourth-order valence-electron chi connectivity index (χ4n) is 3.92. The van der Waals surface area contributed by atoms with E-state index in [0.717, 1.165) is 61.7 Å². The van der Waals surface area contributed by atoms with E-state index in [4.69, 9.17) is 4.74 Å². The van der Waals surface area contributed by atoms with Crippen molar-refractivity contribution in [3.8, 4) is 17.5 Å². The first-order valence-corrected chi connectivity index (χ1v) is 9.88. The van der Waals surface area contributed by atoms with Crippen molar-refractivity contribution >= 4 is 5.69 Å². The van der Waals surface area contributed by atoms with E-state index in [0.29, 0.717) is 13.0 Å². The van der Waals surface area contributed by atoms with E-state index in [2.05, 4.69) is 22.4 Å². The molecule has 1 aromatic carbocycles. The van der Waals surface area contributed by atoms with Gasteiger partial charge in [0.05, 0.1) is 12.8 Å². The molecule has 0 amide bonds. The summed E-state index contributed by atoms with van der Waals surface area (Å²) >= 11 is 0. The predicted molar refractivity (Wildman–Crippen MR) is 113 cm³/mol. The van der Waals surface area contributed by atoms with Crippen LogP contribution in [0.4, 0.5) is 5.69 Å². The molecular formula is C22H31N3O3. The van der Waals surface area contributed by atoms with Gasteiger partial charge in [-0.25, -0.2) is 0 Å². The number of nitrogens with zero attached hydrogens (tertiary/aromatic N) is 3. The lowest BCUT2D eigenvalue weighted by Crippen LogP contribution is -2.46. The third-order valence-corrected chi connectivity index (χ3v) is 5.57. The van der Waals surface area contributed by atoms with Gasteiger partial charge in [-0.15, -0.1) is 6.58 Å². The number of rotatable bonds is 8. The summed E-state index contributed by atoms with van der Waals surface area (Å²) in [6.45, 7) is 11.0. The predicted octanol–water partition coefficient (Wildman–Crippen LogP) is 3.16. The minimum absolute atomic E-state index is 0.162. The van der Waals surface area contributed by atoms with Crippen LogP contribution in [0.25, 0.3) is 0 Å². The van der Waals surface area contributed by atoms with Crippen molar-refractivity contribution in [1.29, 1.82) is 0 Å². The molecular weight excluding hydrogens is 354 g/mol. The van der Waals surface area contributed by atoms with Crippen molar-refractivity contribution in [2.45, 2.75) is 26.3 Å². The van der Waals surface area contributed by atoms with Crippen LogP contribution < -0.4 is 9.64 Å². The van der Waals surface area contributed by atoms with Crippen LogP contribution in [0.15, 0.2) is 36.9 Å². The lowest BCUT2D eigenvalue weighted by Gasteiger charge is -2.36. The molecule has 6 nitrogen and oxygen atoms in total. The Labute approximate surface area is 167 Å². The number of benzene rings is 1. The molecule has 0 spiro atoms. The third kappa shape index (κ3) is 4.12. The molecule has 28 heavy (non-hydrogen) atoms. The number of methoxy groups -OCH3 is 1. The summed E-state index contributed by atoms with van der Waals surface area (Å²) in [7, 11) is 1.71. The van der Waals surface area contributed by atoms with Crippen LogP contribution in [-0.2, 0) is 13.0 Å². The van der Waals surface area contributed by atoms with Gasteiger partial charge in [-0.2, -0.15) is 0 Å². The molecule has 1 aliphatic heterocycles. The molecule has 2 aromatic rings. The van der Waals surface area contributed by atoms with Crippen molar-refractivity contribution in [2.75, 3.05) is 44.7 Å². The van der Waals surface area contributed by atoms with Gasteiger partial charge in [0.25, 0.3) is 0 Å². The van der Waals surface area contributed by atoms with Crippen molar-refractivity contribution in [3.63, 3.8) is 0 Å². The van der Waals surface area contributed by atoms with Crippen LogP contribution in [0.5, 0.6) is 17.5 Å². The molecule has 152 valence electrons. The quantitative estimate of drug-likeness (QED) is 0.684. The Morgan fingerprint density at radius 1 is 1.07 bits per heavy atom. The Morgan fingerprint density at radius 2 is 1.79 bits per heavy atom. The zero-order valence-electron chi connectivity index (χ0n) is 16.9. The second kappa shape index (κ2) is 9.06. The van der Waals surface area contributed by atoms with Gasteiger partial charge in [-0.05, 0) is 38.4 Å².